The van der Waals surface area contributed by atoms with Crippen LogP contribution in [0.3, 0.4) is 0 Å². The van der Waals surface area contributed by atoms with Crippen LogP contribution in [0.1, 0.15) is 19.0 Å². The van der Waals surface area contributed by atoms with Crippen LogP contribution < -0.4 is 5.32 Å². The third-order valence-electron chi connectivity index (χ3n) is 2.41. The van der Waals surface area contributed by atoms with Gasteiger partial charge in [-0.2, -0.15) is 9.78 Å². The smallest absolute Gasteiger partial charge is 0.225 e. The maximum Gasteiger partial charge on any atom is 0.225 e. The Hall–Kier alpha value is -1.59. The fourth-order valence-electron chi connectivity index (χ4n) is 1.54. The molecule has 0 spiro atoms. The molecule has 0 bridgehead atoms. The number of pyridine rings is 1. The average molecular weight is 299 g/mol. The van der Waals surface area contributed by atoms with E-state index in [9.17, 15) is 4.79 Å². The summed E-state index contributed by atoms with van der Waals surface area (Å²) in [5.41, 5.74) is 0.749. The summed E-state index contributed by atoms with van der Waals surface area (Å²) in [7, 11) is 0. The van der Waals surface area contributed by atoms with Crippen molar-refractivity contribution in [3.8, 4) is 5.82 Å². The van der Waals surface area contributed by atoms with Gasteiger partial charge in [0.15, 0.2) is 5.82 Å². The molecule has 0 fully saturated rings. The van der Waals surface area contributed by atoms with Gasteiger partial charge in [0.2, 0.25) is 5.91 Å². The Labute approximate surface area is 120 Å². The predicted molar refractivity (Wildman–Crippen MR) is 75.0 cm³/mol. The van der Waals surface area contributed by atoms with Crippen LogP contribution in [0.2, 0.25) is 10.0 Å². The largest absolute Gasteiger partial charge is 0.311 e. The Morgan fingerprint density at radius 2 is 2.16 bits per heavy atom. The van der Waals surface area contributed by atoms with E-state index in [1.807, 2.05) is 6.92 Å². The minimum atomic E-state index is -0.105. The van der Waals surface area contributed by atoms with Gasteiger partial charge < -0.3 is 5.32 Å². The number of carbonyl (C=O) groups excluding carboxylic acids is 1. The lowest BCUT2D eigenvalue weighted by Gasteiger charge is -2.08. The van der Waals surface area contributed by atoms with Crippen LogP contribution in [-0.2, 0) is 4.79 Å². The summed E-state index contributed by atoms with van der Waals surface area (Å²) in [5, 5.41) is 7.83. The number of rotatable bonds is 3. The summed E-state index contributed by atoms with van der Waals surface area (Å²) in [6.07, 6.45) is 1.86. The fraction of sp³-hybridized carbons (Fsp3) is 0.250. The molecule has 2 aromatic rings. The van der Waals surface area contributed by atoms with Crippen LogP contribution in [0.25, 0.3) is 5.82 Å². The van der Waals surface area contributed by atoms with E-state index in [2.05, 4.69) is 15.4 Å². The third kappa shape index (κ3) is 3.05. The van der Waals surface area contributed by atoms with E-state index >= 15 is 0 Å². The molecule has 0 aliphatic heterocycles. The van der Waals surface area contributed by atoms with Crippen molar-refractivity contribution >= 4 is 34.9 Å². The molecular formula is C12H12Cl2N4O. The van der Waals surface area contributed by atoms with E-state index in [-0.39, 0.29) is 5.91 Å². The number of aryl methyl sites for hydroxylation is 1. The molecule has 0 aliphatic rings. The number of hydrogen-bond donors (Lipinski definition) is 1. The predicted octanol–water partition coefficient (Wildman–Crippen LogP) is 3.23. The first kappa shape index (κ1) is 13.8. The molecule has 0 unspecified atom stereocenters. The zero-order chi connectivity index (χ0) is 14.0. The van der Waals surface area contributed by atoms with Crippen molar-refractivity contribution in [2.45, 2.75) is 20.3 Å². The second kappa shape index (κ2) is 5.59. The second-order valence-electron chi connectivity index (χ2n) is 3.94. The van der Waals surface area contributed by atoms with Crippen LogP contribution in [-0.4, -0.2) is 20.7 Å². The van der Waals surface area contributed by atoms with Crippen molar-refractivity contribution in [3.63, 3.8) is 0 Å². The van der Waals surface area contributed by atoms with Crippen LogP contribution in [0.15, 0.2) is 18.3 Å². The van der Waals surface area contributed by atoms with Crippen molar-refractivity contribution in [3.05, 3.63) is 34.1 Å². The number of nitrogens with zero attached hydrogens (tertiary/aromatic N) is 3. The Morgan fingerprint density at radius 1 is 1.42 bits per heavy atom. The quantitative estimate of drug-likeness (QED) is 0.946. The molecule has 100 valence electrons. The summed E-state index contributed by atoms with van der Waals surface area (Å²) in [6.45, 7) is 3.60. The van der Waals surface area contributed by atoms with Gasteiger partial charge in [-0.3, -0.25) is 4.79 Å². The molecular weight excluding hydrogens is 287 g/mol. The zero-order valence-electron chi connectivity index (χ0n) is 10.4. The van der Waals surface area contributed by atoms with Crippen molar-refractivity contribution in [2.75, 3.05) is 5.32 Å². The summed E-state index contributed by atoms with van der Waals surface area (Å²) in [4.78, 5) is 15.6. The SMILES string of the molecule is CCC(=O)Nc1cc(C)nn1-c1ncc(Cl)cc1Cl. The van der Waals surface area contributed by atoms with Gasteiger partial charge >= 0.3 is 0 Å². The van der Waals surface area contributed by atoms with Gasteiger partial charge in [-0.1, -0.05) is 30.1 Å². The highest BCUT2D eigenvalue weighted by atomic mass is 35.5. The molecule has 2 heterocycles. The van der Waals surface area contributed by atoms with E-state index in [1.54, 1.807) is 19.1 Å². The van der Waals surface area contributed by atoms with E-state index in [4.69, 9.17) is 23.2 Å². The summed E-state index contributed by atoms with van der Waals surface area (Å²) >= 11 is 11.9. The molecule has 7 heteroatoms. The minimum absolute atomic E-state index is 0.105. The van der Waals surface area contributed by atoms with Crippen molar-refractivity contribution < 1.29 is 4.79 Å². The van der Waals surface area contributed by atoms with Gasteiger partial charge in [-0.05, 0) is 13.0 Å². The van der Waals surface area contributed by atoms with Crippen molar-refractivity contribution in [1.29, 1.82) is 0 Å². The van der Waals surface area contributed by atoms with Gasteiger partial charge in [-0.25, -0.2) is 4.98 Å². The van der Waals surface area contributed by atoms with Crippen LogP contribution in [0.4, 0.5) is 5.82 Å². The standard InChI is InChI=1S/C12H12Cl2N4O/c1-3-11(19)16-10-4-7(2)17-18(10)12-9(14)5-8(13)6-15-12/h4-6H,3H2,1-2H3,(H,16,19). The maximum absolute atomic E-state index is 11.5. The van der Waals surface area contributed by atoms with Gasteiger partial charge in [0, 0.05) is 18.7 Å². The van der Waals surface area contributed by atoms with Gasteiger partial charge in [0.1, 0.15) is 5.82 Å². The first-order chi connectivity index (χ1) is 9.01. The van der Waals surface area contributed by atoms with E-state index in [0.717, 1.165) is 5.69 Å². The molecule has 0 atom stereocenters. The first-order valence-electron chi connectivity index (χ1n) is 5.69. The number of anilines is 1. The maximum atomic E-state index is 11.5. The molecule has 2 aromatic heterocycles. The Balaban J connectivity index is 2.46. The lowest BCUT2D eigenvalue weighted by Crippen LogP contribution is -2.14. The molecule has 2 rings (SSSR count). The Bertz CT molecular complexity index is 624. The molecule has 0 aromatic carbocycles. The molecule has 5 nitrogen and oxygen atoms in total. The number of carbonyl (C=O) groups is 1. The van der Waals surface area contributed by atoms with Crippen molar-refractivity contribution in [1.82, 2.24) is 14.8 Å². The van der Waals surface area contributed by atoms with E-state index < -0.39 is 0 Å². The third-order valence-corrected chi connectivity index (χ3v) is 2.89. The normalized spacial score (nSPS) is 10.5. The number of nitrogens with one attached hydrogen (secondary N) is 1. The van der Waals surface area contributed by atoms with Crippen LogP contribution >= 0.6 is 23.2 Å². The molecule has 0 saturated carbocycles. The first-order valence-corrected chi connectivity index (χ1v) is 6.44. The average Bonchev–Trinajstić information content (AvgIpc) is 2.70. The highest BCUT2D eigenvalue weighted by molar-refractivity contribution is 6.35. The summed E-state index contributed by atoms with van der Waals surface area (Å²) in [5.74, 6) is 0.845. The lowest BCUT2D eigenvalue weighted by atomic mass is 10.4. The number of halogens is 2. The highest BCUT2D eigenvalue weighted by Gasteiger charge is 2.13. The summed E-state index contributed by atoms with van der Waals surface area (Å²) in [6, 6.07) is 3.33. The molecule has 0 aliphatic carbocycles. The highest BCUT2D eigenvalue weighted by Crippen LogP contribution is 2.24. The van der Waals surface area contributed by atoms with E-state index in [1.165, 1.54) is 10.9 Å². The minimum Gasteiger partial charge on any atom is -0.311 e. The van der Waals surface area contributed by atoms with Crippen LogP contribution in [0, 0.1) is 6.92 Å². The number of amides is 1. The van der Waals surface area contributed by atoms with Gasteiger partial charge in [-0.15, -0.1) is 0 Å². The van der Waals surface area contributed by atoms with Gasteiger partial charge in [0.05, 0.1) is 15.7 Å². The topological polar surface area (TPSA) is 59.8 Å². The van der Waals surface area contributed by atoms with Crippen LogP contribution in [0.5, 0.6) is 0 Å². The fourth-order valence-corrected chi connectivity index (χ4v) is 2.00. The Kier molecular flexibility index (Phi) is 4.07. The number of aromatic nitrogens is 3. The van der Waals surface area contributed by atoms with Crippen molar-refractivity contribution in [2.24, 2.45) is 0 Å². The molecule has 1 N–H and O–H groups in total. The monoisotopic (exact) mass is 298 g/mol. The molecule has 0 radical (unpaired) electrons. The second-order valence-corrected chi connectivity index (χ2v) is 4.79. The van der Waals surface area contributed by atoms with E-state index in [0.29, 0.717) is 28.1 Å². The lowest BCUT2D eigenvalue weighted by molar-refractivity contribution is -0.115. The molecule has 1 amide bonds. The Morgan fingerprint density at radius 3 is 2.79 bits per heavy atom. The summed E-state index contributed by atoms with van der Waals surface area (Å²) < 4.78 is 1.49. The zero-order valence-corrected chi connectivity index (χ0v) is 12.0. The molecule has 0 saturated heterocycles. The van der Waals surface area contributed by atoms with Gasteiger partial charge in [0.25, 0.3) is 0 Å². The number of hydrogen-bond acceptors (Lipinski definition) is 3. The molecule has 19 heavy (non-hydrogen) atoms.